The first-order chi connectivity index (χ1) is 6.05. The summed E-state index contributed by atoms with van der Waals surface area (Å²) >= 11 is 0. The third-order valence-electron chi connectivity index (χ3n) is 2.01. The molecule has 0 spiro atoms. The Kier molecular flexibility index (Phi) is 6.66. The molecule has 0 saturated carbocycles. The molecule has 0 aromatic carbocycles. The fourth-order valence-corrected chi connectivity index (χ4v) is 1.96. The largest absolute Gasteiger partial charge is 0.327 e. The molecule has 0 radical (unpaired) electrons. The van der Waals surface area contributed by atoms with Gasteiger partial charge in [0.25, 0.3) is 0 Å². The molecule has 13 heavy (non-hydrogen) atoms. The van der Waals surface area contributed by atoms with Crippen LogP contribution in [0.3, 0.4) is 0 Å². The molecule has 3 nitrogen and oxygen atoms in total. The maximum absolute atomic E-state index is 11.5. The Bertz CT molecular complexity index is 170. The van der Waals surface area contributed by atoms with E-state index in [0.29, 0.717) is 0 Å². The van der Waals surface area contributed by atoms with Crippen molar-refractivity contribution in [3.8, 4) is 0 Å². The monoisotopic (exact) mass is 208 g/mol. The molecule has 0 aliphatic heterocycles. The summed E-state index contributed by atoms with van der Waals surface area (Å²) in [5.41, 5.74) is 0. The van der Waals surface area contributed by atoms with Gasteiger partial charge in [-0.15, -0.1) is 0 Å². The normalized spacial score (nSPS) is 18.2. The van der Waals surface area contributed by atoms with Gasteiger partial charge in [0, 0.05) is 13.8 Å². The molecule has 0 aliphatic carbocycles. The van der Waals surface area contributed by atoms with Crippen LogP contribution in [0.4, 0.5) is 0 Å². The summed E-state index contributed by atoms with van der Waals surface area (Å²) in [7, 11) is -1.36. The van der Waals surface area contributed by atoms with E-state index >= 15 is 0 Å². The van der Waals surface area contributed by atoms with Crippen LogP contribution < -0.4 is 0 Å². The minimum atomic E-state index is -2.79. The third-order valence-corrected chi connectivity index (χ3v) is 3.35. The molecule has 0 N–H and O–H groups in total. The highest BCUT2D eigenvalue weighted by Crippen LogP contribution is 2.45. The maximum Gasteiger partial charge on any atom is 0.327 e. The quantitative estimate of drug-likeness (QED) is 0.601. The van der Waals surface area contributed by atoms with Crippen molar-refractivity contribution >= 4 is 7.60 Å². The number of rotatable bonds is 7. The number of hydrogen-bond donors (Lipinski definition) is 0. The molecule has 0 bridgehead atoms. The van der Waals surface area contributed by atoms with E-state index in [1.54, 1.807) is 0 Å². The summed E-state index contributed by atoms with van der Waals surface area (Å²) in [6.45, 7) is 5.69. The Hall–Kier alpha value is 0.150. The molecule has 0 aromatic rings. The molecular weight excluding hydrogens is 187 g/mol. The summed E-state index contributed by atoms with van der Waals surface area (Å²) in [6, 6.07) is 0. The summed E-state index contributed by atoms with van der Waals surface area (Å²) in [5, 5.41) is 0. The zero-order valence-corrected chi connectivity index (χ0v) is 9.97. The van der Waals surface area contributed by atoms with Gasteiger partial charge >= 0.3 is 7.60 Å². The van der Waals surface area contributed by atoms with Gasteiger partial charge in [-0.05, 0) is 12.8 Å². The molecule has 4 heteroatoms. The fourth-order valence-electron chi connectivity index (χ4n) is 1.08. The molecule has 0 saturated heterocycles. The Balaban J connectivity index is 3.90. The molecule has 80 valence electrons. The van der Waals surface area contributed by atoms with Crippen molar-refractivity contribution in [3.63, 3.8) is 0 Å². The molecule has 0 rings (SSSR count). The molecular formula is C9H21O3P. The lowest BCUT2D eigenvalue weighted by atomic mass is 10.1. The van der Waals surface area contributed by atoms with Gasteiger partial charge in [-0.1, -0.05) is 26.7 Å². The van der Waals surface area contributed by atoms with E-state index in [1.807, 2.05) is 6.92 Å². The van der Waals surface area contributed by atoms with Gasteiger partial charge in [-0.25, -0.2) is 0 Å². The zero-order chi connectivity index (χ0) is 10.3. The Labute approximate surface area is 81.3 Å². The molecule has 2 atom stereocenters. The minimum absolute atomic E-state index is 0.0794. The third kappa shape index (κ3) is 6.25. The second-order valence-electron chi connectivity index (χ2n) is 3.23. The van der Waals surface area contributed by atoms with Crippen LogP contribution in [-0.2, 0) is 13.6 Å². The molecule has 0 heterocycles. The average molecular weight is 208 g/mol. The van der Waals surface area contributed by atoms with Crippen LogP contribution in [0.15, 0.2) is 0 Å². The van der Waals surface area contributed by atoms with Crippen LogP contribution in [0.5, 0.6) is 0 Å². The lowest BCUT2D eigenvalue weighted by molar-refractivity contribution is 0.150. The van der Waals surface area contributed by atoms with Gasteiger partial charge in [0.05, 0.1) is 6.10 Å². The van der Waals surface area contributed by atoms with Gasteiger partial charge in [0.2, 0.25) is 0 Å². The summed E-state index contributed by atoms with van der Waals surface area (Å²) in [6.07, 6.45) is 4.19. The molecule has 0 amide bonds. The second kappa shape index (κ2) is 6.58. The van der Waals surface area contributed by atoms with Crippen LogP contribution in [0, 0.1) is 0 Å². The Morgan fingerprint density at radius 1 is 1.38 bits per heavy atom. The Morgan fingerprint density at radius 2 is 2.00 bits per heavy atom. The van der Waals surface area contributed by atoms with Crippen LogP contribution in [-0.4, -0.2) is 19.9 Å². The smallest absolute Gasteiger partial charge is 0.312 e. The first-order valence-electron chi connectivity index (χ1n) is 4.87. The van der Waals surface area contributed by atoms with Crippen molar-refractivity contribution in [2.75, 3.05) is 13.8 Å². The molecule has 0 fully saturated rings. The van der Waals surface area contributed by atoms with Crippen molar-refractivity contribution in [2.24, 2.45) is 0 Å². The fraction of sp³-hybridized carbons (Fsp3) is 1.00. The average Bonchev–Trinajstić information content (AvgIpc) is 2.12. The van der Waals surface area contributed by atoms with Gasteiger partial charge < -0.3 is 9.05 Å². The number of hydrogen-bond acceptors (Lipinski definition) is 3. The lowest BCUT2D eigenvalue weighted by Gasteiger charge is -2.19. The predicted molar refractivity (Wildman–Crippen MR) is 55.2 cm³/mol. The molecule has 0 aromatic heterocycles. The van der Waals surface area contributed by atoms with Crippen LogP contribution in [0.25, 0.3) is 0 Å². The van der Waals surface area contributed by atoms with Crippen molar-refractivity contribution < 1.29 is 13.6 Å². The highest BCUT2D eigenvalue weighted by molar-refractivity contribution is 7.52. The summed E-state index contributed by atoms with van der Waals surface area (Å²) < 4.78 is 21.6. The number of unbranched alkanes of at least 4 members (excludes halogenated alkanes) is 1. The van der Waals surface area contributed by atoms with E-state index in [-0.39, 0.29) is 6.10 Å². The van der Waals surface area contributed by atoms with Gasteiger partial charge in [0.15, 0.2) is 0 Å². The lowest BCUT2D eigenvalue weighted by Crippen LogP contribution is -2.10. The van der Waals surface area contributed by atoms with E-state index in [4.69, 9.17) is 9.05 Å². The standard InChI is InChI=1S/C9H21O3P/c1-5-7-8-9(6-2)12-13(4,10)11-3/h9H,5-8H2,1-4H3. The van der Waals surface area contributed by atoms with E-state index in [2.05, 4.69) is 6.92 Å². The molecule has 0 aliphatic rings. The van der Waals surface area contributed by atoms with E-state index in [0.717, 1.165) is 25.7 Å². The maximum atomic E-state index is 11.5. The topological polar surface area (TPSA) is 35.5 Å². The predicted octanol–water partition coefficient (Wildman–Crippen LogP) is 3.44. The van der Waals surface area contributed by atoms with Crippen molar-refractivity contribution in [3.05, 3.63) is 0 Å². The second-order valence-corrected chi connectivity index (χ2v) is 5.35. The van der Waals surface area contributed by atoms with Crippen LogP contribution >= 0.6 is 7.60 Å². The van der Waals surface area contributed by atoms with Gasteiger partial charge in [0.1, 0.15) is 0 Å². The van der Waals surface area contributed by atoms with E-state index in [9.17, 15) is 4.57 Å². The zero-order valence-electron chi connectivity index (χ0n) is 9.08. The van der Waals surface area contributed by atoms with Crippen LogP contribution in [0.2, 0.25) is 0 Å². The van der Waals surface area contributed by atoms with Crippen molar-refractivity contribution in [2.45, 2.75) is 45.6 Å². The van der Waals surface area contributed by atoms with E-state index in [1.165, 1.54) is 13.8 Å². The highest BCUT2D eigenvalue weighted by atomic mass is 31.2. The Morgan fingerprint density at radius 3 is 2.38 bits per heavy atom. The van der Waals surface area contributed by atoms with Crippen LogP contribution in [0.1, 0.15) is 39.5 Å². The molecule has 2 unspecified atom stereocenters. The first-order valence-corrected chi connectivity index (χ1v) is 6.86. The summed E-state index contributed by atoms with van der Waals surface area (Å²) in [5.74, 6) is 0. The highest BCUT2D eigenvalue weighted by Gasteiger charge is 2.19. The van der Waals surface area contributed by atoms with Gasteiger partial charge in [-0.2, -0.15) is 0 Å². The van der Waals surface area contributed by atoms with Gasteiger partial charge in [-0.3, -0.25) is 4.57 Å². The first kappa shape index (κ1) is 13.2. The summed E-state index contributed by atoms with van der Waals surface area (Å²) in [4.78, 5) is 0. The SMILES string of the molecule is CCCCC(CC)OP(C)(=O)OC. The van der Waals surface area contributed by atoms with E-state index < -0.39 is 7.60 Å². The minimum Gasteiger partial charge on any atom is -0.312 e. The van der Waals surface area contributed by atoms with Crippen molar-refractivity contribution in [1.82, 2.24) is 0 Å². The van der Waals surface area contributed by atoms with Crippen molar-refractivity contribution in [1.29, 1.82) is 0 Å².